The van der Waals surface area contributed by atoms with E-state index >= 15 is 0 Å². The lowest BCUT2D eigenvalue weighted by Gasteiger charge is -2.37. The highest BCUT2D eigenvalue weighted by atomic mass is 16.2. The van der Waals surface area contributed by atoms with Gasteiger partial charge in [0.1, 0.15) is 0 Å². The molecule has 1 saturated heterocycles. The highest BCUT2D eigenvalue weighted by Gasteiger charge is 2.21. The number of hydrogen-bond acceptors (Lipinski definition) is 4. The fourth-order valence-corrected chi connectivity index (χ4v) is 2.47. The maximum Gasteiger partial charge on any atom is 0.238 e. The van der Waals surface area contributed by atoms with Crippen molar-refractivity contribution in [3.05, 3.63) is 29.8 Å². The third-order valence-corrected chi connectivity index (χ3v) is 3.52. The zero-order valence-electron chi connectivity index (χ0n) is 12.3. The van der Waals surface area contributed by atoms with Crippen molar-refractivity contribution in [3.63, 3.8) is 0 Å². The summed E-state index contributed by atoms with van der Waals surface area (Å²) in [7, 11) is 0. The monoisotopic (exact) mass is 290 g/mol. The summed E-state index contributed by atoms with van der Waals surface area (Å²) in [6, 6.07) is 7.71. The van der Waals surface area contributed by atoms with Crippen molar-refractivity contribution in [1.82, 2.24) is 10.3 Å². The van der Waals surface area contributed by atoms with Crippen LogP contribution in [-0.2, 0) is 16.0 Å². The quantitative estimate of drug-likeness (QED) is 0.816. The molecule has 0 aromatic heterocycles. The molecule has 0 unspecified atom stereocenters. The van der Waals surface area contributed by atoms with Gasteiger partial charge in [-0.25, -0.2) is 10.0 Å². The van der Waals surface area contributed by atoms with Crippen molar-refractivity contribution in [3.8, 4) is 0 Å². The molecule has 0 saturated carbocycles. The van der Waals surface area contributed by atoms with E-state index in [1.165, 1.54) is 0 Å². The van der Waals surface area contributed by atoms with E-state index < -0.39 is 0 Å². The molecule has 0 atom stereocenters. The first-order valence-corrected chi connectivity index (χ1v) is 7.21. The van der Waals surface area contributed by atoms with Crippen molar-refractivity contribution in [2.24, 2.45) is 5.73 Å². The van der Waals surface area contributed by atoms with Crippen LogP contribution in [0.25, 0.3) is 0 Å². The molecule has 0 spiro atoms. The van der Waals surface area contributed by atoms with Crippen LogP contribution in [0, 0.1) is 0 Å². The van der Waals surface area contributed by atoms with Crippen LogP contribution in [0.3, 0.4) is 0 Å². The number of anilines is 1. The topological polar surface area (TPSA) is 78.7 Å². The molecule has 0 bridgehead atoms. The van der Waals surface area contributed by atoms with Crippen molar-refractivity contribution in [2.45, 2.75) is 19.8 Å². The Kier molecular flexibility index (Phi) is 5.30. The van der Waals surface area contributed by atoms with Crippen molar-refractivity contribution in [1.29, 1.82) is 0 Å². The second kappa shape index (κ2) is 7.19. The molecule has 1 aliphatic rings. The Morgan fingerprint density at radius 2 is 1.86 bits per heavy atom. The zero-order valence-corrected chi connectivity index (χ0v) is 12.3. The largest absolute Gasteiger partial charge is 0.370 e. The number of nitrogens with two attached hydrogens (primary N) is 1. The van der Waals surface area contributed by atoms with Gasteiger partial charge in [0.15, 0.2) is 0 Å². The first-order chi connectivity index (χ1) is 10.1. The second-order valence-corrected chi connectivity index (χ2v) is 5.17. The molecule has 0 aliphatic carbocycles. The van der Waals surface area contributed by atoms with Crippen molar-refractivity contribution in [2.75, 3.05) is 31.2 Å². The van der Waals surface area contributed by atoms with E-state index in [9.17, 15) is 9.59 Å². The summed E-state index contributed by atoms with van der Waals surface area (Å²) < 4.78 is 0. The van der Waals surface area contributed by atoms with E-state index in [1.807, 2.05) is 24.3 Å². The number of primary amides is 1. The van der Waals surface area contributed by atoms with Crippen molar-refractivity contribution < 1.29 is 9.59 Å². The highest BCUT2D eigenvalue weighted by Crippen LogP contribution is 2.19. The summed E-state index contributed by atoms with van der Waals surface area (Å²) in [6.07, 6.45) is 0.969. The molecule has 0 radical (unpaired) electrons. The van der Waals surface area contributed by atoms with Crippen LogP contribution in [0.4, 0.5) is 5.69 Å². The van der Waals surface area contributed by atoms with E-state index in [2.05, 4.69) is 10.3 Å². The van der Waals surface area contributed by atoms with E-state index in [0.29, 0.717) is 12.8 Å². The molecular formula is C15H22N4O2. The first kappa shape index (κ1) is 15.5. The third kappa shape index (κ3) is 4.27. The number of hydrazine groups is 1. The molecule has 114 valence electrons. The summed E-state index contributed by atoms with van der Waals surface area (Å²) >= 11 is 0. The van der Waals surface area contributed by atoms with E-state index in [4.69, 9.17) is 5.73 Å². The molecule has 1 heterocycles. The molecule has 1 aliphatic heterocycles. The highest BCUT2D eigenvalue weighted by molar-refractivity contribution is 5.90. The van der Waals surface area contributed by atoms with Gasteiger partial charge in [-0.1, -0.05) is 12.1 Å². The molecule has 6 heteroatoms. The van der Waals surface area contributed by atoms with Gasteiger partial charge in [0.05, 0.1) is 5.69 Å². The van der Waals surface area contributed by atoms with Crippen LogP contribution in [0.15, 0.2) is 24.3 Å². The standard InChI is InChI=1S/C15H22N4O2/c1-12(20)19(18-10-8-17-9-11-18)14-5-2-13(3-6-14)4-7-15(16)21/h2-3,5-6,17H,4,7-11H2,1H3,(H2,16,21). The summed E-state index contributed by atoms with van der Waals surface area (Å²) in [4.78, 5) is 22.7. The number of nitrogens with zero attached hydrogens (tertiary/aromatic N) is 2. The summed E-state index contributed by atoms with van der Waals surface area (Å²) in [6.45, 7) is 4.94. The molecule has 1 aromatic carbocycles. The molecule has 3 N–H and O–H groups in total. The first-order valence-electron chi connectivity index (χ1n) is 7.21. The predicted molar refractivity (Wildman–Crippen MR) is 81.6 cm³/mol. The number of nitrogens with one attached hydrogen (secondary N) is 1. The average molecular weight is 290 g/mol. The van der Waals surface area contributed by atoms with Crippen LogP contribution in [0.1, 0.15) is 18.9 Å². The number of rotatable bonds is 5. The Hall–Kier alpha value is -1.92. The Bertz CT molecular complexity index is 495. The van der Waals surface area contributed by atoms with Gasteiger partial charge in [-0.15, -0.1) is 0 Å². The number of benzene rings is 1. The number of amides is 2. The van der Waals surface area contributed by atoms with Crippen LogP contribution >= 0.6 is 0 Å². The molecule has 2 rings (SSSR count). The lowest BCUT2D eigenvalue weighted by Crippen LogP contribution is -2.54. The van der Waals surface area contributed by atoms with Gasteiger partial charge in [-0.05, 0) is 24.1 Å². The second-order valence-electron chi connectivity index (χ2n) is 5.17. The van der Waals surface area contributed by atoms with Gasteiger partial charge in [-0.3, -0.25) is 9.59 Å². The number of carbonyl (C=O) groups excluding carboxylic acids is 2. The van der Waals surface area contributed by atoms with E-state index in [-0.39, 0.29) is 11.8 Å². The molecule has 2 amide bonds. The Labute approximate surface area is 124 Å². The van der Waals surface area contributed by atoms with Gasteiger partial charge in [0, 0.05) is 39.5 Å². The normalized spacial score (nSPS) is 15.7. The maximum absolute atomic E-state index is 11.9. The fourth-order valence-electron chi connectivity index (χ4n) is 2.47. The summed E-state index contributed by atoms with van der Waals surface area (Å²) in [5.41, 5.74) is 7.05. The number of carbonyl (C=O) groups is 2. The Morgan fingerprint density at radius 3 is 2.38 bits per heavy atom. The number of hydrogen-bond donors (Lipinski definition) is 2. The van der Waals surface area contributed by atoms with E-state index in [0.717, 1.165) is 37.4 Å². The maximum atomic E-state index is 11.9. The van der Waals surface area contributed by atoms with Crippen LogP contribution in [0.2, 0.25) is 0 Å². The minimum absolute atomic E-state index is 0.00165. The lowest BCUT2D eigenvalue weighted by molar-refractivity contribution is -0.120. The SMILES string of the molecule is CC(=O)N(c1ccc(CCC(N)=O)cc1)N1CCNCC1. The minimum atomic E-state index is -0.301. The number of piperazine rings is 1. The Morgan fingerprint density at radius 1 is 1.24 bits per heavy atom. The molecule has 6 nitrogen and oxygen atoms in total. The number of aryl methyl sites for hydroxylation is 1. The Balaban J connectivity index is 2.09. The van der Waals surface area contributed by atoms with Gasteiger partial charge in [0.25, 0.3) is 0 Å². The fraction of sp³-hybridized carbons (Fsp3) is 0.467. The third-order valence-electron chi connectivity index (χ3n) is 3.52. The van der Waals surface area contributed by atoms with Crippen LogP contribution in [0.5, 0.6) is 0 Å². The van der Waals surface area contributed by atoms with Crippen molar-refractivity contribution >= 4 is 17.5 Å². The van der Waals surface area contributed by atoms with Crippen LogP contribution < -0.4 is 16.1 Å². The van der Waals surface area contributed by atoms with E-state index in [1.54, 1.807) is 11.9 Å². The predicted octanol–water partition coefficient (Wildman–Crippen LogP) is 0.278. The average Bonchev–Trinajstić information content (AvgIpc) is 2.47. The van der Waals surface area contributed by atoms with Crippen LogP contribution in [-0.4, -0.2) is 43.0 Å². The zero-order chi connectivity index (χ0) is 15.2. The molecule has 21 heavy (non-hydrogen) atoms. The molecular weight excluding hydrogens is 268 g/mol. The molecule has 1 fully saturated rings. The minimum Gasteiger partial charge on any atom is -0.370 e. The summed E-state index contributed by atoms with van der Waals surface area (Å²) in [5.74, 6) is -0.299. The van der Waals surface area contributed by atoms with Gasteiger partial charge in [0.2, 0.25) is 11.8 Å². The summed E-state index contributed by atoms with van der Waals surface area (Å²) in [5, 5.41) is 7.05. The van der Waals surface area contributed by atoms with Gasteiger partial charge < -0.3 is 11.1 Å². The smallest absolute Gasteiger partial charge is 0.238 e. The van der Waals surface area contributed by atoms with Gasteiger partial charge in [-0.2, -0.15) is 0 Å². The molecule has 1 aromatic rings. The lowest BCUT2D eigenvalue weighted by atomic mass is 10.1. The van der Waals surface area contributed by atoms with Gasteiger partial charge >= 0.3 is 0 Å².